The van der Waals surface area contributed by atoms with E-state index >= 15 is 0 Å². The first-order valence-electron chi connectivity index (χ1n) is 12.2. The zero-order valence-corrected chi connectivity index (χ0v) is 21.8. The Bertz CT molecular complexity index is 1460. The number of benzene rings is 1. The molecule has 3 aromatic heterocycles. The highest BCUT2D eigenvalue weighted by molar-refractivity contribution is 6.29. The number of rotatable bonds is 5. The number of nitrogens with zero attached hydrogens (tertiary/aromatic N) is 4. The molecule has 0 aliphatic carbocycles. The maximum Gasteiger partial charge on any atom is 0.196 e. The van der Waals surface area contributed by atoms with Crippen LogP contribution < -0.4 is 15.6 Å². The summed E-state index contributed by atoms with van der Waals surface area (Å²) in [6.45, 7) is 9.56. The van der Waals surface area contributed by atoms with Crippen LogP contribution in [0.25, 0.3) is 22.3 Å². The summed E-state index contributed by atoms with van der Waals surface area (Å²) < 4.78 is 6.45. The third-order valence-corrected chi connectivity index (χ3v) is 7.01. The van der Waals surface area contributed by atoms with Crippen LogP contribution in [-0.4, -0.2) is 48.1 Å². The van der Waals surface area contributed by atoms with Crippen molar-refractivity contribution in [3.8, 4) is 11.3 Å². The van der Waals surface area contributed by atoms with Crippen molar-refractivity contribution < 1.29 is 4.42 Å². The van der Waals surface area contributed by atoms with Gasteiger partial charge in [0.25, 0.3) is 0 Å². The van der Waals surface area contributed by atoms with Gasteiger partial charge >= 0.3 is 0 Å². The number of fused-ring (bicyclic) bond motifs is 1. The van der Waals surface area contributed by atoms with Crippen molar-refractivity contribution in [2.75, 3.05) is 43.4 Å². The molecular weight excluding hydrogens is 474 g/mol. The predicted molar refractivity (Wildman–Crippen MR) is 146 cm³/mol. The molecule has 1 N–H and O–H groups in total. The molecule has 1 aromatic carbocycles. The van der Waals surface area contributed by atoms with E-state index in [1.165, 1.54) is 0 Å². The van der Waals surface area contributed by atoms with Crippen LogP contribution in [0.3, 0.4) is 0 Å². The van der Waals surface area contributed by atoms with Gasteiger partial charge in [0, 0.05) is 55.3 Å². The number of nitrogens with one attached hydrogen (secondary N) is 1. The zero-order chi connectivity index (χ0) is 25.4. The minimum atomic E-state index is -0.158. The van der Waals surface area contributed by atoms with Crippen LogP contribution >= 0.6 is 11.6 Å². The monoisotopic (exact) mass is 503 g/mol. The van der Waals surface area contributed by atoms with E-state index in [1.807, 2.05) is 31.2 Å². The topological polar surface area (TPSA) is 74.5 Å². The number of pyridine rings is 2. The van der Waals surface area contributed by atoms with E-state index in [1.54, 1.807) is 25.4 Å². The summed E-state index contributed by atoms with van der Waals surface area (Å²) >= 11 is 6.29. The van der Waals surface area contributed by atoms with Gasteiger partial charge in [-0.25, -0.2) is 4.98 Å². The van der Waals surface area contributed by atoms with Crippen LogP contribution in [0.5, 0.6) is 0 Å². The molecule has 1 saturated heterocycles. The summed E-state index contributed by atoms with van der Waals surface area (Å²) in [7, 11) is 2.13. The number of aryl methyl sites for hydroxylation is 1. The lowest BCUT2D eigenvalue weighted by atomic mass is 9.99. The number of likely N-dealkylation sites (N-methyl/N-ethyl adjacent to an activating group) is 1. The van der Waals surface area contributed by atoms with E-state index in [4.69, 9.17) is 16.0 Å². The second-order valence-electron chi connectivity index (χ2n) is 9.52. The molecule has 0 saturated carbocycles. The van der Waals surface area contributed by atoms with Gasteiger partial charge in [0.05, 0.1) is 17.1 Å². The Morgan fingerprint density at radius 3 is 2.61 bits per heavy atom. The van der Waals surface area contributed by atoms with Crippen LogP contribution in [0.15, 0.2) is 58.0 Å². The largest absolute Gasteiger partial charge is 0.455 e. The Labute approximate surface area is 215 Å². The summed E-state index contributed by atoms with van der Waals surface area (Å²) in [5.41, 5.74) is 4.71. The molecule has 4 aromatic rings. The molecule has 0 amide bonds. The minimum absolute atomic E-state index is 0.0291. The van der Waals surface area contributed by atoms with E-state index in [2.05, 4.69) is 45.1 Å². The van der Waals surface area contributed by atoms with E-state index < -0.39 is 0 Å². The zero-order valence-electron chi connectivity index (χ0n) is 21.0. The van der Waals surface area contributed by atoms with E-state index in [9.17, 15) is 4.79 Å². The van der Waals surface area contributed by atoms with Gasteiger partial charge in [-0.2, -0.15) is 0 Å². The van der Waals surface area contributed by atoms with Gasteiger partial charge < -0.3 is 19.5 Å². The quantitative estimate of drug-likeness (QED) is 0.363. The number of aromatic nitrogens is 2. The average molecular weight is 504 g/mol. The van der Waals surface area contributed by atoms with Crippen molar-refractivity contribution in [2.24, 2.45) is 0 Å². The van der Waals surface area contributed by atoms with Crippen LogP contribution in [0.4, 0.5) is 11.5 Å². The van der Waals surface area contributed by atoms with E-state index in [-0.39, 0.29) is 11.5 Å². The SMILES string of the molecule is Cc1cc(C(C)Nc2ccc(Cl)nc2N2CCN(C)CC2)c2oc(-c3cccnc3)c(C)c(=O)c2c1. The fraction of sp³-hybridized carbons (Fsp3) is 0.321. The third kappa shape index (κ3) is 4.68. The van der Waals surface area contributed by atoms with Gasteiger partial charge in [-0.1, -0.05) is 17.7 Å². The highest BCUT2D eigenvalue weighted by Crippen LogP contribution is 2.34. The van der Waals surface area contributed by atoms with Crippen molar-refractivity contribution in [3.05, 3.63) is 80.9 Å². The Morgan fingerprint density at radius 2 is 1.89 bits per heavy atom. The van der Waals surface area contributed by atoms with Crippen molar-refractivity contribution in [2.45, 2.75) is 26.8 Å². The summed E-state index contributed by atoms with van der Waals surface area (Å²) in [6.07, 6.45) is 3.42. The Balaban J connectivity index is 1.58. The van der Waals surface area contributed by atoms with Crippen LogP contribution in [0, 0.1) is 13.8 Å². The molecule has 1 aliphatic heterocycles. The van der Waals surface area contributed by atoms with Gasteiger partial charge in [0.1, 0.15) is 16.5 Å². The molecule has 1 aliphatic rings. The Kier molecular flexibility index (Phi) is 6.69. The second-order valence-corrected chi connectivity index (χ2v) is 9.91. The fourth-order valence-electron chi connectivity index (χ4n) is 4.77. The maximum atomic E-state index is 13.4. The highest BCUT2D eigenvalue weighted by Gasteiger charge is 2.22. The maximum absolute atomic E-state index is 13.4. The second kappa shape index (κ2) is 9.91. The molecule has 4 heterocycles. The van der Waals surface area contributed by atoms with Gasteiger partial charge in [-0.3, -0.25) is 9.78 Å². The van der Waals surface area contributed by atoms with E-state index in [0.717, 1.165) is 54.4 Å². The van der Waals surface area contributed by atoms with Gasteiger partial charge in [0.2, 0.25) is 0 Å². The molecule has 7 nitrogen and oxygen atoms in total. The van der Waals surface area contributed by atoms with Crippen molar-refractivity contribution >= 4 is 34.1 Å². The van der Waals surface area contributed by atoms with Gasteiger partial charge in [-0.05, 0) is 63.7 Å². The lowest BCUT2D eigenvalue weighted by molar-refractivity contribution is 0.312. The molecule has 5 rings (SSSR count). The van der Waals surface area contributed by atoms with Crippen LogP contribution in [0.2, 0.25) is 5.15 Å². The lowest BCUT2D eigenvalue weighted by Gasteiger charge is -2.34. The molecule has 36 heavy (non-hydrogen) atoms. The number of piperazine rings is 1. The Morgan fingerprint density at radius 1 is 1.11 bits per heavy atom. The summed E-state index contributed by atoms with van der Waals surface area (Å²) in [5.74, 6) is 1.39. The van der Waals surface area contributed by atoms with Gasteiger partial charge in [-0.15, -0.1) is 0 Å². The molecular formula is C28H30ClN5O2. The predicted octanol–water partition coefficient (Wildman–Crippen LogP) is 5.45. The smallest absolute Gasteiger partial charge is 0.196 e. The van der Waals surface area contributed by atoms with Crippen molar-refractivity contribution in [1.82, 2.24) is 14.9 Å². The summed E-state index contributed by atoms with van der Waals surface area (Å²) in [5, 5.41) is 4.67. The molecule has 186 valence electrons. The number of hydrogen-bond donors (Lipinski definition) is 1. The first-order chi connectivity index (χ1) is 17.3. The fourth-order valence-corrected chi connectivity index (χ4v) is 4.91. The van der Waals surface area contributed by atoms with Crippen molar-refractivity contribution in [3.63, 3.8) is 0 Å². The molecule has 1 unspecified atom stereocenters. The average Bonchev–Trinajstić information content (AvgIpc) is 2.88. The summed E-state index contributed by atoms with van der Waals surface area (Å²) in [4.78, 5) is 26.8. The Hall–Kier alpha value is -3.42. The lowest BCUT2D eigenvalue weighted by Crippen LogP contribution is -2.45. The van der Waals surface area contributed by atoms with Gasteiger partial charge in [0.15, 0.2) is 11.2 Å². The third-order valence-electron chi connectivity index (χ3n) is 6.80. The molecule has 1 fully saturated rings. The van der Waals surface area contributed by atoms with E-state index in [0.29, 0.717) is 27.4 Å². The molecule has 0 bridgehead atoms. The first kappa shape index (κ1) is 24.3. The molecule has 1 atom stereocenters. The van der Waals surface area contributed by atoms with Crippen LogP contribution in [-0.2, 0) is 0 Å². The summed E-state index contributed by atoms with van der Waals surface area (Å²) in [6, 6.07) is 11.3. The number of hydrogen-bond acceptors (Lipinski definition) is 7. The molecule has 0 spiro atoms. The first-order valence-corrected chi connectivity index (χ1v) is 12.5. The highest BCUT2D eigenvalue weighted by atomic mass is 35.5. The molecule has 0 radical (unpaired) electrons. The van der Waals surface area contributed by atoms with Crippen molar-refractivity contribution in [1.29, 1.82) is 0 Å². The van der Waals surface area contributed by atoms with Crippen LogP contribution in [0.1, 0.15) is 29.7 Å². The number of halogens is 1. The normalized spacial score (nSPS) is 15.3. The standard InChI is InChI=1S/C28H30ClN5O2/c1-17-14-21(27-22(15-17)25(35)18(2)26(36-27)20-6-5-9-30-16-20)19(3)31-23-7-8-24(29)32-28(23)34-12-10-33(4)11-13-34/h5-9,14-16,19,31H,10-13H2,1-4H3. The number of anilines is 2. The molecule has 8 heteroatoms. The minimum Gasteiger partial charge on any atom is -0.455 e.